The van der Waals surface area contributed by atoms with Crippen LogP contribution in [0.1, 0.15) is 11.1 Å². The molecule has 78 valence electrons. The molecule has 1 N–H and O–H groups in total. The summed E-state index contributed by atoms with van der Waals surface area (Å²) >= 11 is 2.92. The van der Waals surface area contributed by atoms with Crippen molar-refractivity contribution in [2.24, 2.45) is 0 Å². The molecule has 7 heteroatoms. The van der Waals surface area contributed by atoms with Crippen molar-refractivity contribution >= 4 is 33.9 Å². The van der Waals surface area contributed by atoms with Gasteiger partial charge in [0.1, 0.15) is 11.1 Å². The van der Waals surface area contributed by atoms with E-state index in [4.69, 9.17) is 0 Å². The third kappa shape index (κ3) is 2.67. The molecule has 14 heavy (non-hydrogen) atoms. The SMILES string of the molecule is C=C(C(O)c1ncc(I)s1)C(F)(F)F. The van der Waals surface area contributed by atoms with E-state index in [1.165, 1.54) is 6.20 Å². The predicted molar refractivity (Wildman–Crippen MR) is 55.0 cm³/mol. The lowest BCUT2D eigenvalue weighted by atomic mass is 10.2. The first-order valence-corrected chi connectivity index (χ1v) is 5.27. The Kier molecular flexibility index (Phi) is 3.53. The maximum absolute atomic E-state index is 12.1. The molecule has 0 fully saturated rings. The van der Waals surface area contributed by atoms with E-state index in [1.807, 2.05) is 22.6 Å². The van der Waals surface area contributed by atoms with Crippen LogP contribution in [-0.2, 0) is 0 Å². The van der Waals surface area contributed by atoms with Crippen molar-refractivity contribution in [3.63, 3.8) is 0 Å². The Morgan fingerprint density at radius 3 is 2.57 bits per heavy atom. The van der Waals surface area contributed by atoms with E-state index in [2.05, 4.69) is 11.6 Å². The average Bonchev–Trinajstić information content (AvgIpc) is 2.47. The smallest absolute Gasteiger partial charge is 0.381 e. The number of hydrogen-bond acceptors (Lipinski definition) is 3. The Balaban J connectivity index is 2.86. The normalized spacial score (nSPS) is 14.1. The van der Waals surface area contributed by atoms with Crippen LogP contribution in [0.2, 0.25) is 0 Å². The minimum absolute atomic E-state index is 0.0109. The molecule has 1 aromatic heterocycles. The average molecular weight is 335 g/mol. The number of alkyl halides is 3. The minimum atomic E-state index is -4.59. The van der Waals surface area contributed by atoms with E-state index >= 15 is 0 Å². The van der Waals surface area contributed by atoms with E-state index < -0.39 is 17.9 Å². The fourth-order valence-electron chi connectivity index (χ4n) is 0.697. The van der Waals surface area contributed by atoms with Gasteiger partial charge in [-0.1, -0.05) is 6.58 Å². The van der Waals surface area contributed by atoms with Gasteiger partial charge < -0.3 is 5.11 Å². The quantitative estimate of drug-likeness (QED) is 0.666. The maximum Gasteiger partial charge on any atom is 0.415 e. The second kappa shape index (κ2) is 4.15. The Bertz CT molecular complexity index is 349. The molecule has 0 saturated carbocycles. The fraction of sp³-hybridized carbons (Fsp3) is 0.286. The molecule has 0 aliphatic heterocycles. The molecule has 0 aliphatic carbocycles. The van der Waals surface area contributed by atoms with E-state index in [9.17, 15) is 18.3 Å². The van der Waals surface area contributed by atoms with Crippen molar-refractivity contribution in [1.82, 2.24) is 4.98 Å². The molecule has 0 aliphatic rings. The Morgan fingerprint density at radius 2 is 2.21 bits per heavy atom. The van der Waals surface area contributed by atoms with Crippen molar-refractivity contribution in [2.75, 3.05) is 0 Å². The number of aromatic nitrogens is 1. The summed E-state index contributed by atoms with van der Waals surface area (Å²) in [5, 5.41) is 9.27. The van der Waals surface area contributed by atoms with E-state index in [0.717, 1.165) is 11.3 Å². The van der Waals surface area contributed by atoms with Crippen LogP contribution in [0, 0.1) is 2.88 Å². The minimum Gasteiger partial charge on any atom is -0.381 e. The molecule has 0 radical (unpaired) electrons. The first-order chi connectivity index (χ1) is 6.32. The summed E-state index contributed by atoms with van der Waals surface area (Å²) in [6, 6.07) is 0. The van der Waals surface area contributed by atoms with Crippen LogP contribution >= 0.6 is 33.9 Å². The maximum atomic E-state index is 12.1. The van der Waals surface area contributed by atoms with Crippen LogP contribution in [0.3, 0.4) is 0 Å². The Morgan fingerprint density at radius 1 is 1.64 bits per heavy atom. The van der Waals surface area contributed by atoms with Gasteiger partial charge in [0, 0.05) is 0 Å². The van der Waals surface area contributed by atoms with Crippen LogP contribution in [-0.4, -0.2) is 16.3 Å². The lowest BCUT2D eigenvalue weighted by Crippen LogP contribution is -2.17. The standard InChI is InChI=1S/C7H5F3INOS/c1-3(7(8,9)10)5(13)6-12-2-4(11)14-6/h2,5,13H,1H2. The first-order valence-electron chi connectivity index (χ1n) is 3.37. The van der Waals surface area contributed by atoms with Gasteiger partial charge >= 0.3 is 6.18 Å². The molecule has 0 bridgehead atoms. The number of nitrogens with zero attached hydrogens (tertiary/aromatic N) is 1. The molecule has 0 spiro atoms. The Labute approximate surface area is 95.6 Å². The van der Waals surface area contributed by atoms with Crippen molar-refractivity contribution < 1.29 is 18.3 Å². The van der Waals surface area contributed by atoms with E-state index in [0.29, 0.717) is 2.88 Å². The van der Waals surface area contributed by atoms with Crippen LogP contribution in [0.4, 0.5) is 13.2 Å². The highest BCUT2D eigenvalue weighted by atomic mass is 127. The number of hydrogen-bond donors (Lipinski definition) is 1. The van der Waals surface area contributed by atoms with Crippen molar-refractivity contribution in [3.05, 3.63) is 26.2 Å². The summed E-state index contributed by atoms with van der Waals surface area (Å²) in [5.41, 5.74) is -1.19. The number of rotatable bonds is 2. The van der Waals surface area contributed by atoms with Gasteiger partial charge in [0.15, 0.2) is 0 Å². The summed E-state index contributed by atoms with van der Waals surface area (Å²) in [5.74, 6) is 0. The highest BCUT2D eigenvalue weighted by Crippen LogP contribution is 2.35. The van der Waals surface area contributed by atoms with Gasteiger partial charge in [-0.15, -0.1) is 11.3 Å². The van der Waals surface area contributed by atoms with E-state index in [1.54, 1.807) is 0 Å². The zero-order valence-electron chi connectivity index (χ0n) is 6.68. The van der Waals surface area contributed by atoms with Crippen LogP contribution in [0.5, 0.6) is 0 Å². The lowest BCUT2D eigenvalue weighted by molar-refractivity contribution is -0.105. The molecule has 1 unspecified atom stereocenters. The summed E-state index contributed by atoms with van der Waals surface area (Å²) in [6.07, 6.45) is -4.95. The molecule has 0 aromatic carbocycles. The topological polar surface area (TPSA) is 33.1 Å². The summed E-state index contributed by atoms with van der Waals surface area (Å²) in [7, 11) is 0. The molecule has 1 aromatic rings. The van der Waals surface area contributed by atoms with Crippen molar-refractivity contribution in [2.45, 2.75) is 12.3 Å². The predicted octanol–water partition coefficient (Wildman–Crippen LogP) is 2.90. The number of halogens is 4. The van der Waals surface area contributed by atoms with Crippen molar-refractivity contribution in [3.8, 4) is 0 Å². The van der Waals surface area contributed by atoms with Gasteiger partial charge in [-0.05, 0) is 22.6 Å². The third-order valence-corrected chi connectivity index (χ3v) is 3.20. The van der Waals surface area contributed by atoms with Gasteiger partial charge in [-0.2, -0.15) is 13.2 Å². The van der Waals surface area contributed by atoms with Gasteiger partial charge in [-0.25, -0.2) is 4.98 Å². The molecule has 0 saturated heterocycles. The summed E-state index contributed by atoms with van der Waals surface area (Å²) in [4.78, 5) is 3.65. The lowest BCUT2D eigenvalue weighted by Gasteiger charge is -2.13. The highest BCUT2D eigenvalue weighted by Gasteiger charge is 2.37. The molecular weight excluding hydrogens is 330 g/mol. The summed E-state index contributed by atoms with van der Waals surface area (Å²) in [6.45, 7) is 2.80. The first kappa shape index (κ1) is 11.9. The van der Waals surface area contributed by atoms with Crippen LogP contribution in [0.25, 0.3) is 0 Å². The largest absolute Gasteiger partial charge is 0.415 e. The number of aliphatic hydroxyl groups excluding tert-OH is 1. The van der Waals surface area contributed by atoms with E-state index in [-0.39, 0.29) is 5.01 Å². The van der Waals surface area contributed by atoms with Gasteiger partial charge in [-0.3, -0.25) is 0 Å². The van der Waals surface area contributed by atoms with Gasteiger partial charge in [0.2, 0.25) is 0 Å². The fourth-order valence-corrected chi connectivity index (χ4v) is 2.18. The van der Waals surface area contributed by atoms with Crippen molar-refractivity contribution in [1.29, 1.82) is 0 Å². The third-order valence-electron chi connectivity index (χ3n) is 1.42. The van der Waals surface area contributed by atoms with Gasteiger partial charge in [0.05, 0.1) is 14.7 Å². The van der Waals surface area contributed by atoms with Gasteiger partial charge in [0.25, 0.3) is 0 Å². The second-order valence-electron chi connectivity index (χ2n) is 2.43. The molecule has 1 heterocycles. The Hall–Kier alpha value is -0.150. The highest BCUT2D eigenvalue weighted by molar-refractivity contribution is 14.1. The molecule has 2 nitrogen and oxygen atoms in total. The second-order valence-corrected chi connectivity index (χ2v) is 5.38. The monoisotopic (exact) mass is 335 g/mol. The molecule has 0 amide bonds. The molecule has 1 atom stereocenters. The van der Waals surface area contributed by atoms with Crippen LogP contribution in [0.15, 0.2) is 18.3 Å². The van der Waals surface area contributed by atoms with Crippen LogP contribution < -0.4 is 0 Å². The number of aliphatic hydroxyl groups is 1. The zero-order chi connectivity index (χ0) is 10.9. The molecular formula is C7H5F3INOS. The number of thiazole rings is 1. The summed E-state index contributed by atoms with van der Waals surface area (Å²) < 4.78 is 37.0. The molecule has 1 rings (SSSR count). The zero-order valence-corrected chi connectivity index (χ0v) is 9.65.